The van der Waals surface area contributed by atoms with Gasteiger partial charge >= 0.3 is 6.03 Å². The zero-order valence-electron chi connectivity index (χ0n) is 13.1. The van der Waals surface area contributed by atoms with Crippen molar-refractivity contribution in [1.29, 1.82) is 0 Å². The minimum Gasteiger partial charge on any atom is -0.350 e. The minimum atomic E-state index is -0.709. The lowest BCUT2D eigenvalue weighted by atomic mass is 9.89. The molecule has 1 aliphatic rings. The number of hydrogen-bond acceptors (Lipinski definition) is 5. The standard InChI is InChI=1S/C15H21N3O4/c1-14(2)15(3,4)22-21-12(20-14)11-7-5-10(6-8-11)9-17-18-13(16)19/h5-9,12H,1-4H3,(H3,16,18,19)/b17-9+. The topological polar surface area (TPSA) is 95.2 Å². The van der Waals surface area contributed by atoms with Gasteiger partial charge in [0.2, 0.25) is 6.29 Å². The highest BCUT2D eigenvalue weighted by Gasteiger charge is 2.47. The molecule has 3 N–H and O–H groups in total. The van der Waals surface area contributed by atoms with Crippen molar-refractivity contribution in [2.24, 2.45) is 10.8 Å². The van der Waals surface area contributed by atoms with E-state index in [0.29, 0.717) is 0 Å². The van der Waals surface area contributed by atoms with Gasteiger partial charge in [0.15, 0.2) is 0 Å². The number of benzene rings is 1. The Bertz CT molecular complexity index is 567. The van der Waals surface area contributed by atoms with E-state index < -0.39 is 23.5 Å². The molecule has 1 saturated heterocycles. The summed E-state index contributed by atoms with van der Waals surface area (Å²) in [5.74, 6) is 0. The van der Waals surface area contributed by atoms with Crippen molar-refractivity contribution < 1.29 is 19.3 Å². The number of nitrogens with zero attached hydrogens (tertiary/aromatic N) is 1. The number of carbonyl (C=O) groups excluding carboxylic acids is 1. The van der Waals surface area contributed by atoms with Crippen LogP contribution in [-0.4, -0.2) is 23.4 Å². The predicted molar refractivity (Wildman–Crippen MR) is 80.9 cm³/mol. The number of rotatable bonds is 3. The van der Waals surface area contributed by atoms with E-state index in [1.165, 1.54) is 6.21 Å². The van der Waals surface area contributed by atoms with Crippen molar-refractivity contribution in [3.05, 3.63) is 35.4 Å². The maximum absolute atomic E-state index is 10.5. The summed E-state index contributed by atoms with van der Waals surface area (Å²) in [4.78, 5) is 21.3. The highest BCUT2D eigenvalue weighted by Crippen LogP contribution is 2.40. The lowest BCUT2D eigenvalue weighted by molar-refractivity contribution is -0.504. The lowest BCUT2D eigenvalue weighted by Crippen LogP contribution is -2.53. The molecule has 0 saturated carbocycles. The van der Waals surface area contributed by atoms with Gasteiger partial charge in [-0.25, -0.2) is 15.1 Å². The molecule has 22 heavy (non-hydrogen) atoms. The Morgan fingerprint density at radius 1 is 1.23 bits per heavy atom. The fourth-order valence-electron chi connectivity index (χ4n) is 1.73. The summed E-state index contributed by atoms with van der Waals surface area (Å²) >= 11 is 0. The van der Waals surface area contributed by atoms with Gasteiger partial charge in [-0.1, -0.05) is 24.3 Å². The molecule has 1 atom stereocenters. The number of nitrogens with one attached hydrogen (secondary N) is 1. The third-order valence-electron chi connectivity index (χ3n) is 3.79. The largest absolute Gasteiger partial charge is 0.350 e. The molecular formula is C15H21N3O4. The summed E-state index contributed by atoms with van der Waals surface area (Å²) in [5.41, 5.74) is 7.62. The van der Waals surface area contributed by atoms with E-state index in [1.807, 2.05) is 52.0 Å². The molecular weight excluding hydrogens is 286 g/mol. The first kappa shape index (κ1) is 16.4. The Balaban J connectivity index is 2.05. The van der Waals surface area contributed by atoms with Crippen LogP contribution in [0.4, 0.5) is 4.79 Å². The fourth-order valence-corrected chi connectivity index (χ4v) is 1.73. The summed E-state index contributed by atoms with van der Waals surface area (Å²) in [7, 11) is 0. The van der Waals surface area contributed by atoms with Crippen LogP contribution in [0.25, 0.3) is 0 Å². The smallest absolute Gasteiger partial charge is 0.332 e. The zero-order valence-corrected chi connectivity index (χ0v) is 13.1. The summed E-state index contributed by atoms with van der Waals surface area (Å²) in [6.45, 7) is 7.74. The van der Waals surface area contributed by atoms with E-state index in [-0.39, 0.29) is 0 Å². The SMILES string of the molecule is CC1(C)OOC(c2ccc(/C=N/NC(N)=O)cc2)OC1(C)C. The average Bonchev–Trinajstić information content (AvgIpc) is 2.42. The van der Waals surface area contributed by atoms with Crippen molar-refractivity contribution in [2.45, 2.75) is 45.2 Å². The van der Waals surface area contributed by atoms with Gasteiger partial charge in [0.25, 0.3) is 0 Å². The molecule has 0 bridgehead atoms. The van der Waals surface area contributed by atoms with E-state index in [0.717, 1.165) is 11.1 Å². The molecule has 2 rings (SSSR count). The number of ether oxygens (including phenoxy) is 1. The van der Waals surface area contributed by atoms with Crippen LogP contribution >= 0.6 is 0 Å². The maximum atomic E-state index is 10.5. The number of primary amides is 1. The molecule has 1 fully saturated rings. The second-order valence-electron chi connectivity index (χ2n) is 6.05. The first-order valence-corrected chi connectivity index (χ1v) is 6.92. The quantitative estimate of drug-likeness (QED) is 0.508. The molecule has 120 valence electrons. The van der Waals surface area contributed by atoms with E-state index in [4.69, 9.17) is 20.2 Å². The zero-order chi connectivity index (χ0) is 16.4. The van der Waals surface area contributed by atoms with Gasteiger partial charge in [0.05, 0.1) is 11.8 Å². The molecule has 2 amide bonds. The first-order valence-electron chi connectivity index (χ1n) is 6.92. The Kier molecular flexibility index (Phi) is 4.50. The fraction of sp³-hybridized carbons (Fsp3) is 0.467. The second-order valence-corrected chi connectivity index (χ2v) is 6.05. The molecule has 0 aliphatic carbocycles. The van der Waals surface area contributed by atoms with Crippen molar-refractivity contribution >= 4 is 12.2 Å². The molecule has 1 aromatic carbocycles. The van der Waals surface area contributed by atoms with Crippen LogP contribution in [0.15, 0.2) is 29.4 Å². The maximum Gasteiger partial charge on any atom is 0.332 e. The molecule has 7 heteroatoms. The third-order valence-corrected chi connectivity index (χ3v) is 3.79. The van der Waals surface area contributed by atoms with Gasteiger partial charge in [0.1, 0.15) is 5.60 Å². The van der Waals surface area contributed by atoms with Crippen molar-refractivity contribution in [3.63, 3.8) is 0 Å². The van der Waals surface area contributed by atoms with Crippen molar-refractivity contribution in [3.8, 4) is 0 Å². The van der Waals surface area contributed by atoms with Crippen LogP contribution in [0, 0.1) is 0 Å². The highest BCUT2D eigenvalue weighted by atomic mass is 17.2. The van der Waals surface area contributed by atoms with E-state index in [9.17, 15) is 4.79 Å². The van der Waals surface area contributed by atoms with Crippen LogP contribution < -0.4 is 11.2 Å². The van der Waals surface area contributed by atoms with Crippen molar-refractivity contribution in [2.75, 3.05) is 0 Å². The second kappa shape index (κ2) is 6.04. The minimum absolute atomic E-state index is 0.499. The number of carbonyl (C=O) groups is 1. The normalized spacial score (nSPS) is 23.4. The molecule has 0 radical (unpaired) electrons. The number of urea groups is 1. The number of hydrazone groups is 1. The Morgan fingerprint density at radius 2 is 1.86 bits per heavy atom. The van der Waals surface area contributed by atoms with E-state index >= 15 is 0 Å². The molecule has 1 aromatic rings. The van der Waals surface area contributed by atoms with Crippen molar-refractivity contribution in [1.82, 2.24) is 5.43 Å². The summed E-state index contributed by atoms with van der Waals surface area (Å²) in [6.07, 6.45) is 0.887. The number of hydrogen-bond donors (Lipinski definition) is 2. The first-order chi connectivity index (χ1) is 10.2. The highest BCUT2D eigenvalue weighted by molar-refractivity contribution is 5.81. The van der Waals surface area contributed by atoms with Crippen LogP contribution in [0.3, 0.4) is 0 Å². The van der Waals surface area contributed by atoms with Crippen LogP contribution in [0.2, 0.25) is 0 Å². The molecule has 1 heterocycles. The monoisotopic (exact) mass is 307 g/mol. The van der Waals surface area contributed by atoms with Gasteiger partial charge in [-0.05, 0) is 33.3 Å². The third kappa shape index (κ3) is 3.62. The molecule has 7 nitrogen and oxygen atoms in total. The number of nitrogens with two attached hydrogens (primary N) is 1. The average molecular weight is 307 g/mol. The van der Waals surface area contributed by atoms with E-state index in [2.05, 4.69) is 10.5 Å². The van der Waals surface area contributed by atoms with Crippen LogP contribution in [-0.2, 0) is 14.5 Å². The Morgan fingerprint density at radius 3 is 2.41 bits per heavy atom. The molecule has 1 aliphatic heterocycles. The van der Waals surface area contributed by atoms with Gasteiger partial charge in [-0.15, -0.1) is 0 Å². The number of amides is 2. The summed E-state index contributed by atoms with van der Waals surface area (Å²) in [5, 5.41) is 3.69. The van der Waals surface area contributed by atoms with Gasteiger partial charge in [-0.3, -0.25) is 0 Å². The van der Waals surface area contributed by atoms with Gasteiger partial charge in [0, 0.05) is 5.56 Å². The molecule has 1 unspecified atom stereocenters. The molecule has 0 aromatic heterocycles. The van der Waals surface area contributed by atoms with Gasteiger partial charge < -0.3 is 10.5 Å². The Labute approximate surface area is 129 Å². The lowest BCUT2D eigenvalue weighted by Gasteiger charge is -2.46. The summed E-state index contributed by atoms with van der Waals surface area (Å²) in [6, 6.07) is 6.61. The van der Waals surface area contributed by atoms with Crippen LogP contribution in [0.5, 0.6) is 0 Å². The van der Waals surface area contributed by atoms with Gasteiger partial charge in [-0.2, -0.15) is 9.99 Å². The predicted octanol–water partition coefficient (Wildman–Crippen LogP) is 2.22. The van der Waals surface area contributed by atoms with Crippen LogP contribution in [0.1, 0.15) is 45.1 Å². The Hall–Kier alpha value is -1.96. The molecule has 0 spiro atoms. The summed E-state index contributed by atoms with van der Waals surface area (Å²) < 4.78 is 5.97. The van der Waals surface area contributed by atoms with E-state index in [1.54, 1.807) is 0 Å².